The highest BCUT2D eigenvalue weighted by molar-refractivity contribution is 8.47. The minimum absolute atomic E-state index is 0.0642. The highest BCUT2D eigenvalue weighted by Gasteiger charge is 2.30. The molecule has 0 rings (SSSR count). The van der Waals surface area contributed by atoms with Crippen LogP contribution in [0.15, 0.2) is 0 Å². The topological polar surface area (TPSA) is 29.1 Å². The number of hydrogen-bond donors (Lipinski definition) is 1. The van der Waals surface area contributed by atoms with E-state index in [2.05, 4.69) is 12.2 Å². The number of nitrogens with one attached hydrogen (secondary N) is 1. The van der Waals surface area contributed by atoms with E-state index in [9.17, 15) is 4.79 Å². The van der Waals surface area contributed by atoms with Crippen LogP contribution in [0, 0.1) is 0 Å². The van der Waals surface area contributed by atoms with Crippen LogP contribution in [-0.2, 0) is 4.79 Å². The second kappa shape index (κ2) is 15.3. The Hall–Kier alpha value is 0.260. The fourth-order valence-corrected chi connectivity index (χ4v) is 5.53. The molecule has 148 valence electrons. The number of carbonyl (C=O) groups excluding carboxylic acids is 1. The van der Waals surface area contributed by atoms with Crippen LogP contribution in [-0.4, -0.2) is 26.0 Å². The van der Waals surface area contributed by atoms with E-state index in [1.54, 1.807) is 11.8 Å². The molecule has 0 spiro atoms. The second-order valence-corrected chi connectivity index (χ2v) is 11.4. The van der Waals surface area contributed by atoms with Gasteiger partial charge in [0.25, 0.3) is 0 Å². The molecular weight excluding hydrogens is 366 g/mol. The third-order valence-corrected chi connectivity index (χ3v) is 6.82. The summed E-state index contributed by atoms with van der Waals surface area (Å²) in [5.74, 6) is 1.14. The van der Waals surface area contributed by atoms with Gasteiger partial charge in [0.05, 0.1) is 4.75 Å². The molecule has 0 atom stereocenters. The van der Waals surface area contributed by atoms with Gasteiger partial charge in [-0.2, -0.15) is 0 Å². The summed E-state index contributed by atoms with van der Waals surface area (Å²) in [4.78, 5) is 12.2. The SMILES string of the molecule is CCCCCCCCCCCCSC(=S)SC(C)(C)C(=O)NC(C)C. The normalized spacial score (nSPS) is 11.8. The lowest BCUT2D eigenvalue weighted by molar-refractivity contribution is -0.123. The van der Waals surface area contributed by atoms with Gasteiger partial charge in [-0.15, -0.1) is 11.8 Å². The van der Waals surface area contributed by atoms with Crippen molar-refractivity contribution >= 4 is 45.2 Å². The van der Waals surface area contributed by atoms with Gasteiger partial charge in [0, 0.05) is 6.04 Å². The smallest absolute Gasteiger partial charge is 0.236 e. The zero-order valence-corrected chi connectivity index (χ0v) is 19.4. The summed E-state index contributed by atoms with van der Waals surface area (Å²) in [5.41, 5.74) is 0. The number of thioether (sulfide) groups is 2. The lowest BCUT2D eigenvalue weighted by Gasteiger charge is -2.24. The van der Waals surface area contributed by atoms with Gasteiger partial charge in [-0.3, -0.25) is 4.79 Å². The van der Waals surface area contributed by atoms with E-state index < -0.39 is 4.75 Å². The molecule has 0 radical (unpaired) electrons. The van der Waals surface area contributed by atoms with Crippen molar-refractivity contribution in [2.45, 2.75) is 110 Å². The molecule has 0 aromatic heterocycles. The first kappa shape index (κ1) is 25.3. The number of thiocarbonyl (C=S) groups is 1. The van der Waals surface area contributed by atoms with E-state index in [1.165, 1.54) is 76.0 Å². The monoisotopic (exact) mass is 405 g/mol. The van der Waals surface area contributed by atoms with Crippen LogP contribution in [0.2, 0.25) is 0 Å². The van der Waals surface area contributed by atoms with Crippen molar-refractivity contribution in [2.24, 2.45) is 0 Å². The van der Waals surface area contributed by atoms with Crippen molar-refractivity contribution in [1.29, 1.82) is 0 Å². The molecule has 2 nitrogen and oxygen atoms in total. The van der Waals surface area contributed by atoms with Crippen molar-refractivity contribution in [3.8, 4) is 0 Å². The molecule has 1 amide bonds. The Morgan fingerprint density at radius 1 is 0.960 bits per heavy atom. The van der Waals surface area contributed by atoms with Crippen molar-refractivity contribution in [3.63, 3.8) is 0 Å². The summed E-state index contributed by atoms with van der Waals surface area (Å²) in [6.45, 7) is 10.1. The summed E-state index contributed by atoms with van der Waals surface area (Å²) >= 11 is 8.70. The second-order valence-electron chi connectivity index (χ2n) is 7.52. The average molecular weight is 406 g/mol. The first-order valence-electron chi connectivity index (χ1n) is 9.96. The average Bonchev–Trinajstić information content (AvgIpc) is 2.51. The minimum Gasteiger partial charge on any atom is -0.353 e. The largest absolute Gasteiger partial charge is 0.353 e. The number of carbonyl (C=O) groups is 1. The van der Waals surface area contributed by atoms with E-state index in [-0.39, 0.29) is 11.9 Å². The van der Waals surface area contributed by atoms with E-state index >= 15 is 0 Å². The lowest BCUT2D eigenvalue weighted by atomic mass is 10.1. The van der Waals surface area contributed by atoms with Gasteiger partial charge < -0.3 is 5.32 Å². The molecule has 0 fully saturated rings. The van der Waals surface area contributed by atoms with Gasteiger partial charge in [-0.05, 0) is 39.9 Å². The lowest BCUT2D eigenvalue weighted by Crippen LogP contribution is -2.43. The molecule has 0 unspecified atom stereocenters. The van der Waals surface area contributed by atoms with Gasteiger partial charge in [-0.1, -0.05) is 88.7 Å². The van der Waals surface area contributed by atoms with Gasteiger partial charge in [0.15, 0.2) is 0 Å². The Bertz CT molecular complexity index is 370. The van der Waals surface area contributed by atoms with Gasteiger partial charge in [-0.25, -0.2) is 0 Å². The third kappa shape index (κ3) is 15.1. The van der Waals surface area contributed by atoms with Crippen LogP contribution in [0.4, 0.5) is 0 Å². The highest BCUT2D eigenvalue weighted by atomic mass is 32.2. The van der Waals surface area contributed by atoms with E-state index in [4.69, 9.17) is 12.2 Å². The molecule has 0 aliphatic rings. The number of amides is 1. The zero-order chi connectivity index (χ0) is 19.1. The molecule has 0 saturated heterocycles. The van der Waals surface area contributed by atoms with Crippen molar-refractivity contribution in [1.82, 2.24) is 5.32 Å². The van der Waals surface area contributed by atoms with Crippen LogP contribution in [0.5, 0.6) is 0 Å². The van der Waals surface area contributed by atoms with Gasteiger partial charge in [0.1, 0.15) is 3.53 Å². The van der Waals surface area contributed by atoms with Crippen molar-refractivity contribution in [3.05, 3.63) is 0 Å². The molecule has 0 saturated carbocycles. The molecular formula is C20H39NOS3. The Balaban J connectivity index is 3.62. The quantitative estimate of drug-likeness (QED) is 0.250. The van der Waals surface area contributed by atoms with E-state index in [0.29, 0.717) is 0 Å². The first-order chi connectivity index (χ1) is 11.8. The standard InChI is InChI=1S/C20H39NOS3/c1-6-7-8-9-10-11-12-13-14-15-16-24-19(23)25-20(4,5)18(22)21-17(2)3/h17H,6-16H2,1-5H3,(H,21,22). The highest BCUT2D eigenvalue weighted by Crippen LogP contribution is 2.31. The third-order valence-electron chi connectivity index (χ3n) is 4.02. The maximum atomic E-state index is 12.2. The van der Waals surface area contributed by atoms with Crippen LogP contribution >= 0.6 is 35.7 Å². The predicted octanol–water partition coefficient (Wildman–Crippen LogP) is 6.96. The Labute approximate surface area is 170 Å². The molecule has 0 aliphatic heterocycles. The summed E-state index contributed by atoms with van der Waals surface area (Å²) in [6.07, 6.45) is 13.6. The number of hydrogen-bond acceptors (Lipinski definition) is 4. The molecule has 1 N–H and O–H groups in total. The zero-order valence-electron chi connectivity index (χ0n) is 17.0. The summed E-state index contributed by atoms with van der Waals surface area (Å²) in [6, 6.07) is 0.167. The molecule has 0 bridgehead atoms. The fraction of sp³-hybridized carbons (Fsp3) is 0.900. The number of rotatable bonds is 14. The minimum atomic E-state index is -0.494. The molecule has 0 aliphatic carbocycles. The van der Waals surface area contributed by atoms with E-state index in [1.807, 2.05) is 27.7 Å². The summed E-state index contributed by atoms with van der Waals surface area (Å²) in [5, 5.41) is 2.97. The maximum Gasteiger partial charge on any atom is 0.236 e. The van der Waals surface area contributed by atoms with Crippen LogP contribution < -0.4 is 5.32 Å². The van der Waals surface area contributed by atoms with Crippen LogP contribution in [0.3, 0.4) is 0 Å². The van der Waals surface area contributed by atoms with Crippen LogP contribution in [0.1, 0.15) is 98.8 Å². The molecule has 0 heterocycles. The Morgan fingerprint density at radius 2 is 1.44 bits per heavy atom. The Morgan fingerprint density at radius 3 is 1.92 bits per heavy atom. The molecule has 0 aromatic rings. The predicted molar refractivity (Wildman–Crippen MR) is 122 cm³/mol. The Kier molecular flexibility index (Phi) is 15.5. The van der Waals surface area contributed by atoms with Crippen molar-refractivity contribution < 1.29 is 4.79 Å². The molecule has 25 heavy (non-hydrogen) atoms. The van der Waals surface area contributed by atoms with Crippen LogP contribution in [0.25, 0.3) is 0 Å². The summed E-state index contributed by atoms with van der Waals surface area (Å²) in [7, 11) is 0. The number of unbranched alkanes of at least 4 members (excludes halogenated alkanes) is 9. The van der Waals surface area contributed by atoms with Gasteiger partial charge in [0.2, 0.25) is 5.91 Å². The molecule has 5 heteroatoms. The fourth-order valence-electron chi connectivity index (χ4n) is 2.47. The maximum absolute atomic E-state index is 12.2. The summed E-state index contributed by atoms with van der Waals surface area (Å²) < 4.78 is 0.395. The van der Waals surface area contributed by atoms with Crippen molar-refractivity contribution in [2.75, 3.05) is 5.75 Å². The molecule has 0 aromatic carbocycles. The van der Waals surface area contributed by atoms with E-state index in [0.717, 1.165) is 9.28 Å². The van der Waals surface area contributed by atoms with Gasteiger partial charge >= 0.3 is 0 Å². The first-order valence-corrected chi connectivity index (χ1v) is 12.2.